The highest BCUT2D eigenvalue weighted by Gasteiger charge is 2.36. The SMILES string of the molecule is COC(=O)c1cnc(NCC2(C)CC2)s1. The molecule has 0 aliphatic heterocycles. The van der Waals surface area contributed by atoms with E-state index in [1.165, 1.54) is 31.3 Å². The topological polar surface area (TPSA) is 51.2 Å². The largest absolute Gasteiger partial charge is 0.465 e. The van der Waals surface area contributed by atoms with Crippen molar-refractivity contribution in [3.8, 4) is 0 Å². The summed E-state index contributed by atoms with van der Waals surface area (Å²) in [6, 6.07) is 0. The van der Waals surface area contributed by atoms with E-state index in [1.807, 2.05) is 0 Å². The maximum Gasteiger partial charge on any atom is 0.349 e. The highest BCUT2D eigenvalue weighted by Crippen LogP contribution is 2.44. The lowest BCUT2D eigenvalue weighted by Gasteiger charge is -2.07. The molecule has 4 nitrogen and oxygen atoms in total. The van der Waals surface area contributed by atoms with Crippen LogP contribution in [0, 0.1) is 5.41 Å². The summed E-state index contributed by atoms with van der Waals surface area (Å²) in [4.78, 5) is 15.8. The lowest BCUT2D eigenvalue weighted by atomic mass is 10.1. The van der Waals surface area contributed by atoms with Crippen molar-refractivity contribution in [2.45, 2.75) is 19.8 Å². The predicted molar refractivity (Wildman–Crippen MR) is 59.3 cm³/mol. The van der Waals surface area contributed by atoms with Crippen LogP contribution in [0.4, 0.5) is 5.13 Å². The number of hydrogen-bond donors (Lipinski definition) is 1. The predicted octanol–water partition coefficient (Wildman–Crippen LogP) is 2.14. The summed E-state index contributed by atoms with van der Waals surface area (Å²) < 4.78 is 4.61. The van der Waals surface area contributed by atoms with Crippen molar-refractivity contribution in [2.75, 3.05) is 19.0 Å². The number of nitrogens with zero attached hydrogens (tertiary/aromatic N) is 1. The van der Waals surface area contributed by atoms with Gasteiger partial charge in [-0.05, 0) is 18.3 Å². The van der Waals surface area contributed by atoms with Crippen molar-refractivity contribution in [1.29, 1.82) is 0 Å². The molecule has 1 N–H and O–H groups in total. The van der Waals surface area contributed by atoms with Crippen LogP contribution in [0.25, 0.3) is 0 Å². The molecule has 5 heteroatoms. The van der Waals surface area contributed by atoms with E-state index in [9.17, 15) is 4.79 Å². The Labute approximate surface area is 92.7 Å². The maximum absolute atomic E-state index is 11.2. The molecule has 1 heterocycles. The Bertz CT molecular complexity index is 371. The minimum atomic E-state index is -0.321. The maximum atomic E-state index is 11.2. The molecule has 0 atom stereocenters. The molecule has 2 rings (SSSR count). The molecule has 1 aliphatic carbocycles. The van der Waals surface area contributed by atoms with E-state index in [0.717, 1.165) is 11.7 Å². The van der Waals surface area contributed by atoms with Gasteiger partial charge in [0, 0.05) is 6.54 Å². The zero-order valence-corrected chi connectivity index (χ0v) is 9.69. The highest BCUT2D eigenvalue weighted by molar-refractivity contribution is 7.17. The third-order valence-corrected chi connectivity index (χ3v) is 3.60. The second kappa shape index (κ2) is 3.81. The van der Waals surface area contributed by atoms with Gasteiger partial charge in [-0.25, -0.2) is 9.78 Å². The zero-order chi connectivity index (χ0) is 10.9. The van der Waals surface area contributed by atoms with Gasteiger partial charge >= 0.3 is 5.97 Å². The normalized spacial score (nSPS) is 17.2. The summed E-state index contributed by atoms with van der Waals surface area (Å²) in [5, 5.41) is 4.04. The Morgan fingerprint density at radius 3 is 3.07 bits per heavy atom. The van der Waals surface area contributed by atoms with Crippen molar-refractivity contribution >= 4 is 22.4 Å². The number of anilines is 1. The van der Waals surface area contributed by atoms with Crippen LogP contribution in [0.1, 0.15) is 29.4 Å². The molecule has 0 spiro atoms. The minimum absolute atomic E-state index is 0.321. The number of aromatic nitrogens is 1. The van der Waals surface area contributed by atoms with Gasteiger partial charge in [0.05, 0.1) is 13.3 Å². The van der Waals surface area contributed by atoms with Gasteiger partial charge in [0.25, 0.3) is 0 Å². The number of carbonyl (C=O) groups is 1. The van der Waals surface area contributed by atoms with Gasteiger partial charge in [0.15, 0.2) is 5.13 Å². The Morgan fingerprint density at radius 1 is 1.73 bits per heavy atom. The van der Waals surface area contributed by atoms with E-state index in [0.29, 0.717) is 10.3 Å². The molecule has 1 saturated carbocycles. The van der Waals surface area contributed by atoms with Crippen LogP contribution in [0.15, 0.2) is 6.20 Å². The fraction of sp³-hybridized carbons (Fsp3) is 0.600. The lowest BCUT2D eigenvalue weighted by Crippen LogP contribution is -2.11. The average Bonchev–Trinajstić information content (AvgIpc) is 2.81. The van der Waals surface area contributed by atoms with Crippen molar-refractivity contribution in [3.05, 3.63) is 11.1 Å². The van der Waals surface area contributed by atoms with Crippen molar-refractivity contribution in [3.63, 3.8) is 0 Å². The second-order valence-electron chi connectivity index (χ2n) is 4.19. The van der Waals surface area contributed by atoms with E-state index in [4.69, 9.17) is 0 Å². The molecule has 15 heavy (non-hydrogen) atoms. The fourth-order valence-corrected chi connectivity index (χ4v) is 1.96. The Balaban J connectivity index is 1.92. The van der Waals surface area contributed by atoms with E-state index >= 15 is 0 Å². The molecule has 0 unspecified atom stereocenters. The molecule has 0 saturated heterocycles. The van der Waals surface area contributed by atoms with E-state index in [1.54, 1.807) is 6.20 Å². The van der Waals surface area contributed by atoms with Crippen molar-refractivity contribution < 1.29 is 9.53 Å². The van der Waals surface area contributed by atoms with Gasteiger partial charge in [0.2, 0.25) is 0 Å². The first-order chi connectivity index (χ1) is 7.13. The van der Waals surface area contributed by atoms with E-state index in [2.05, 4.69) is 22.0 Å². The highest BCUT2D eigenvalue weighted by atomic mass is 32.1. The van der Waals surface area contributed by atoms with Crippen molar-refractivity contribution in [1.82, 2.24) is 4.98 Å². The van der Waals surface area contributed by atoms with Gasteiger partial charge in [0.1, 0.15) is 4.88 Å². The molecule has 0 radical (unpaired) electrons. The van der Waals surface area contributed by atoms with Crippen LogP contribution in [0.5, 0.6) is 0 Å². The summed E-state index contributed by atoms with van der Waals surface area (Å²) in [7, 11) is 1.38. The summed E-state index contributed by atoms with van der Waals surface area (Å²) >= 11 is 1.34. The van der Waals surface area contributed by atoms with Crippen LogP contribution >= 0.6 is 11.3 Å². The molecule has 1 aliphatic rings. The number of methoxy groups -OCH3 is 1. The summed E-state index contributed by atoms with van der Waals surface area (Å²) in [6.45, 7) is 3.18. The van der Waals surface area contributed by atoms with Gasteiger partial charge < -0.3 is 10.1 Å². The van der Waals surface area contributed by atoms with Crippen LogP contribution in [-0.2, 0) is 4.74 Å². The Kier molecular flexibility index (Phi) is 2.65. The first-order valence-electron chi connectivity index (χ1n) is 4.91. The lowest BCUT2D eigenvalue weighted by molar-refractivity contribution is 0.0606. The molecule has 0 aromatic carbocycles. The van der Waals surface area contributed by atoms with Crippen molar-refractivity contribution in [2.24, 2.45) is 5.41 Å². The van der Waals surface area contributed by atoms with Crippen LogP contribution < -0.4 is 5.32 Å². The molecule has 1 fully saturated rings. The summed E-state index contributed by atoms with van der Waals surface area (Å²) in [5.41, 5.74) is 0.442. The monoisotopic (exact) mass is 226 g/mol. The molecule has 82 valence electrons. The molecular formula is C10H14N2O2S. The van der Waals surface area contributed by atoms with Crippen LogP contribution in [-0.4, -0.2) is 24.6 Å². The first-order valence-corrected chi connectivity index (χ1v) is 5.73. The van der Waals surface area contributed by atoms with Crippen LogP contribution in [0.3, 0.4) is 0 Å². The molecule has 1 aromatic rings. The quantitative estimate of drug-likeness (QED) is 0.799. The number of nitrogens with one attached hydrogen (secondary N) is 1. The minimum Gasteiger partial charge on any atom is -0.465 e. The summed E-state index contributed by atoms with van der Waals surface area (Å²) in [6.07, 6.45) is 4.10. The van der Waals surface area contributed by atoms with Gasteiger partial charge in [-0.15, -0.1) is 0 Å². The molecule has 0 amide bonds. The standard InChI is InChI=1S/C10H14N2O2S/c1-10(3-4-10)6-12-9-11-5-7(15-9)8(13)14-2/h5H,3-4,6H2,1-2H3,(H,11,12). The average molecular weight is 226 g/mol. The fourth-order valence-electron chi connectivity index (χ4n) is 1.23. The summed E-state index contributed by atoms with van der Waals surface area (Å²) in [5.74, 6) is -0.321. The number of esters is 1. The number of rotatable bonds is 4. The molecular weight excluding hydrogens is 212 g/mol. The van der Waals surface area contributed by atoms with Gasteiger partial charge in [-0.2, -0.15) is 0 Å². The molecule has 1 aromatic heterocycles. The Morgan fingerprint density at radius 2 is 2.47 bits per heavy atom. The van der Waals surface area contributed by atoms with E-state index in [-0.39, 0.29) is 5.97 Å². The first kappa shape index (κ1) is 10.4. The molecule has 0 bridgehead atoms. The Hall–Kier alpha value is -1.10. The van der Waals surface area contributed by atoms with Crippen LogP contribution in [0.2, 0.25) is 0 Å². The smallest absolute Gasteiger partial charge is 0.349 e. The van der Waals surface area contributed by atoms with Gasteiger partial charge in [-0.1, -0.05) is 18.3 Å². The second-order valence-corrected chi connectivity index (χ2v) is 5.22. The third kappa shape index (κ3) is 2.47. The third-order valence-electron chi connectivity index (χ3n) is 2.66. The number of ether oxygens (including phenoxy) is 1. The number of thiazole rings is 1. The number of hydrogen-bond acceptors (Lipinski definition) is 5. The zero-order valence-electron chi connectivity index (χ0n) is 8.87. The number of carbonyl (C=O) groups excluding carboxylic acids is 1. The van der Waals surface area contributed by atoms with Gasteiger partial charge in [-0.3, -0.25) is 0 Å². The van der Waals surface area contributed by atoms with E-state index < -0.39 is 0 Å².